The van der Waals surface area contributed by atoms with Crippen LogP contribution < -0.4 is 5.32 Å². The van der Waals surface area contributed by atoms with E-state index in [0.717, 1.165) is 25.5 Å². The minimum atomic E-state index is 0.468. The largest absolute Gasteiger partial charge is 0.378 e. The van der Waals surface area contributed by atoms with Crippen LogP contribution in [0.15, 0.2) is 0 Å². The van der Waals surface area contributed by atoms with E-state index >= 15 is 0 Å². The molecule has 18 heavy (non-hydrogen) atoms. The highest BCUT2D eigenvalue weighted by Crippen LogP contribution is 2.18. The van der Waals surface area contributed by atoms with E-state index in [1.165, 1.54) is 19.3 Å². The third kappa shape index (κ3) is 6.17. The summed E-state index contributed by atoms with van der Waals surface area (Å²) in [7, 11) is 4.32. The van der Waals surface area contributed by atoms with E-state index in [4.69, 9.17) is 4.74 Å². The maximum Gasteiger partial charge on any atom is 0.0587 e. The van der Waals surface area contributed by atoms with Crippen LogP contribution in [-0.4, -0.2) is 50.3 Å². The maximum absolute atomic E-state index is 5.75. The van der Waals surface area contributed by atoms with Crippen molar-refractivity contribution in [2.24, 2.45) is 5.92 Å². The molecule has 1 aliphatic rings. The van der Waals surface area contributed by atoms with Gasteiger partial charge in [-0.3, -0.25) is 0 Å². The molecule has 0 spiro atoms. The van der Waals surface area contributed by atoms with Crippen LogP contribution in [0.5, 0.6) is 0 Å². The van der Waals surface area contributed by atoms with Gasteiger partial charge in [-0.15, -0.1) is 0 Å². The second-order valence-electron chi connectivity index (χ2n) is 6.38. The lowest BCUT2D eigenvalue weighted by Crippen LogP contribution is -2.48. The average molecular weight is 256 g/mol. The van der Waals surface area contributed by atoms with Crippen molar-refractivity contribution in [3.8, 4) is 0 Å². The van der Waals surface area contributed by atoms with E-state index < -0.39 is 0 Å². The molecule has 0 aliphatic carbocycles. The highest BCUT2D eigenvalue weighted by molar-refractivity contribution is 4.81. The van der Waals surface area contributed by atoms with Crippen molar-refractivity contribution in [2.75, 3.05) is 27.2 Å². The Hall–Kier alpha value is -0.120. The summed E-state index contributed by atoms with van der Waals surface area (Å²) in [5.41, 5.74) is 0. The van der Waals surface area contributed by atoms with E-state index in [1.54, 1.807) is 0 Å². The Labute approximate surface area is 113 Å². The van der Waals surface area contributed by atoms with Crippen LogP contribution in [0.4, 0.5) is 0 Å². The van der Waals surface area contributed by atoms with Gasteiger partial charge in [0.2, 0.25) is 0 Å². The normalized spacial score (nSPS) is 26.8. The zero-order valence-corrected chi connectivity index (χ0v) is 12.9. The molecule has 1 rings (SSSR count). The SMILES string of the molecule is CCC1CC(NC(CC(C)C)CN(C)C)CCO1. The number of nitrogens with one attached hydrogen (secondary N) is 1. The molecule has 108 valence electrons. The van der Waals surface area contributed by atoms with E-state index in [9.17, 15) is 0 Å². The van der Waals surface area contributed by atoms with Gasteiger partial charge in [-0.2, -0.15) is 0 Å². The van der Waals surface area contributed by atoms with E-state index in [1.807, 2.05) is 0 Å². The van der Waals surface area contributed by atoms with Gasteiger partial charge in [-0.1, -0.05) is 20.8 Å². The van der Waals surface area contributed by atoms with Crippen molar-refractivity contribution < 1.29 is 4.74 Å². The topological polar surface area (TPSA) is 24.5 Å². The number of nitrogens with zero attached hydrogens (tertiary/aromatic N) is 1. The van der Waals surface area contributed by atoms with Crippen molar-refractivity contribution in [3.05, 3.63) is 0 Å². The molecular formula is C15H32N2O. The number of hydrogen-bond acceptors (Lipinski definition) is 3. The van der Waals surface area contributed by atoms with Crippen LogP contribution in [0.1, 0.15) is 46.5 Å². The van der Waals surface area contributed by atoms with Gasteiger partial charge >= 0.3 is 0 Å². The second kappa shape index (κ2) is 8.13. The molecule has 0 bridgehead atoms. The summed E-state index contributed by atoms with van der Waals surface area (Å²) in [5.74, 6) is 0.754. The third-order valence-corrected chi connectivity index (χ3v) is 3.64. The van der Waals surface area contributed by atoms with Crippen LogP contribution >= 0.6 is 0 Å². The summed E-state index contributed by atoms with van der Waals surface area (Å²) in [5, 5.41) is 3.86. The van der Waals surface area contributed by atoms with Gasteiger partial charge in [0, 0.05) is 25.2 Å². The molecular weight excluding hydrogens is 224 g/mol. The van der Waals surface area contributed by atoms with Gasteiger partial charge in [0.15, 0.2) is 0 Å². The summed E-state index contributed by atoms with van der Waals surface area (Å²) in [6.45, 7) is 8.89. The van der Waals surface area contributed by atoms with Crippen molar-refractivity contribution in [1.29, 1.82) is 0 Å². The molecule has 0 aromatic heterocycles. The second-order valence-corrected chi connectivity index (χ2v) is 6.38. The van der Waals surface area contributed by atoms with Gasteiger partial charge in [0.25, 0.3) is 0 Å². The van der Waals surface area contributed by atoms with Crippen LogP contribution in [0.25, 0.3) is 0 Å². The standard InChI is InChI=1S/C15H32N2O/c1-6-15-10-13(7-8-18-15)16-14(9-12(2)3)11-17(4)5/h12-16H,6-11H2,1-5H3. The smallest absolute Gasteiger partial charge is 0.0587 e. The molecule has 0 aromatic carbocycles. The monoisotopic (exact) mass is 256 g/mol. The van der Waals surface area contributed by atoms with Crippen molar-refractivity contribution in [1.82, 2.24) is 10.2 Å². The van der Waals surface area contributed by atoms with Crippen LogP contribution in [-0.2, 0) is 4.74 Å². The first-order valence-corrected chi connectivity index (χ1v) is 7.53. The molecule has 0 amide bonds. The Kier molecular flexibility index (Phi) is 7.20. The fourth-order valence-corrected chi connectivity index (χ4v) is 2.85. The van der Waals surface area contributed by atoms with E-state index in [0.29, 0.717) is 18.2 Å². The van der Waals surface area contributed by atoms with Crippen LogP contribution in [0.2, 0.25) is 0 Å². The molecule has 3 heteroatoms. The highest BCUT2D eigenvalue weighted by Gasteiger charge is 2.24. The zero-order valence-electron chi connectivity index (χ0n) is 12.9. The summed E-state index contributed by atoms with van der Waals surface area (Å²) in [6.07, 6.45) is 5.21. The lowest BCUT2D eigenvalue weighted by atomic mass is 9.97. The molecule has 1 heterocycles. The quantitative estimate of drug-likeness (QED) is 0.757. The Morgan fingerprint density at radius 2 is 2.06 bits per heavy atom. The van der Waals surface area contributed by atoms with E-state index in [2.05, 4.69) is 45.1 Å². The van der Waals surface area contributed by atoms with Crippen LogP contribution in [0.3, 0.4) is 0 Å². The molecule has 3 nitrogen and oxygen atoms in total. The molecule has 0 radical (unpaired) electrons. The molecule has 1 aliphatic heterocycles. The Bertz CT molecular complexity index is 209. The molecule has 3 atom stereocenters. The fourth-order valence-electron chi connectivity index (χ4n) is 2.85. The average Bonchev–Trinajstić information content (AvgIpc) is 2.27. The zero-order chi connectivity index (χ0) is 13.5. The maximum atomic E-state index is 5.75. The predicted octanol–water partition coefficient (Wildman–Crippen LogP) is 2.51. The first-order chi connectivity index (χ1) is 8.51. The van der Waals surface area contributed by atoms with Gasteiger partial charge in [0.05, 0.1) is 6.10 Å². The summed E-state index contributed by atoms with van der Waals surface area (Å²) in [4.78, 5) is 2.29. The van der Waals surface area contributed by atoms with Crippen LogP contribution in [0, 0.1) is 5.92 Å². The number of ether oxygens (including phenoxy) is 1. The Balaban J connectivity index is 2.43. The molecule has 0 saturated carbocycles. The van der Waals surface area contributed by atoms with Crippen molar-refractivity contribution in [3.63, 3.8) is 0 Å². The van der Waals surface area contributed by atoms with Gasteiger partial charge < -0.3 is 15.0 Å². The van der Waals surface area contributed by atoms with Gasteiger partial charge in [0.1, 0.15) is 0 Å². The third-order valence-electron chi connectivity index (χ3n) is 3.64. The fraction of sp³-hybridized carbons (Fsp3) is 1.00. The molecule has 3 unspecified atom stereocenters. The molecule has 1 N–H and O–H groups in total. The predicted molar refractivity (Wildman–Crippen MR) is 78.0 cm³/mol. The summed E-state index contributed by atoms with van der Waals surface area (Å²) in [6, 6.07) is 1.26. The number of likely N-dealkylation sites (N-methyl/N-ethyl adjacent to an activating group) is 1. The molecule has 1 saturated heterocycles. The first-order valence-electron chi connectivity index (χ1n) is 7.53. The lowest BCUT2D eigenvalue weighted by molar-refractivity contribution is -0.00286. The minimum absolute atomic E-state index is 0.468. The van der Waals surface area contributed by atoms with Crippen molar-refractivity contribution in [2.45, 2.75) is 64.6 Å². The number of rotatable bonds is 7. The summed E-state index contributed by atoms with van der Waals surface area (Å²) >= 11 is 0. The Morgan fingerprint density at radius 3 is 2.61 bits per heavy atom. The number of hydrogen-bond donors (Lipinski definition) is 1. The highest BCUT2D eigenvalue weighted by atomic mass is 16.5. The molecule has 1 fully saturated rings. The summed E-state index contributed by atoms with van der Waals surface area (Å²) < 4.78 is 5.75. The first kappa shape index (κ1) is 15.9. The molecule has 0 aromatic rings. The van der Waals surface area contributed by atoms with Gasteiger partial charge in [-0.05, 0) is 45.7 Å². The van der Waals surface area contributed by atoms with Crippen molar-refractivity contribution >= 4 is 0 Å². The van der Waals surface area contributed by atoms with Gasteiger partial charge in [-0.25, -0.2) is 0 Å². The minimum Gasteiger partial charge on any atom is -0.378 e. The Morgan fingerprint density at radius 1 is 1.33 bits per heavy atom. The lowest BCUT2D eigenvalue weighted by Gasteiger charge is -2.34. The van der Waals surface area contributed by atoms with E-state index in [-0.39, 0.29) is 0 Å².